The number of ether oxygens (including phenoxy) is 1. The molecule has 0 aromatic rings. The molecule has 44 heavy (non-hydrogen) atoms. The van der Waals surface area contributed by atoms with Crippen LogP contribution in [-0.4, -0.2) is 23.1 Å². The van der Waals surface area contributed by atoms with E-state index in [2.05, 4.69) is 38.2 Å². The van der Waals surface area contributed by atoms with Crippen LogP contribution in [0.4, 0.5) is 0 Å². The fourth-order valence-electron chi connectivity index (χ4n) is 5.76. The van der Waals surface area contributed by atoms with E-state index in [0.29, 0.717) is 12.8 Å². The number of unbranched alkanes of at least 4 members (excludes halogenated alkanes) is 25. The normalized spacial score (nSPS) is 12.4. The molecular weight excluding hydrogens is 544 g/mol. The minimum absolute atomic E-state index is 0.334. The molecule has 0 fully saturated rings. The summed E-state index contributed by atoms with van der Waals surface area (Å²) in [5.74, 6) is -1.36. The lowest BCUT2D eigenvalue weighted by Gasteiger charge is -2.13. The third-order valence-electron chi connectivity index (χ3n) is 8.70. The number of carboxylic acid groups (broad SMARTS) is 1. The summed E-state index contributed by atoms with van der Waals surface area (Å²) in [6.45, 7) is 4.52. The molecule has 1 N–H and O–H groups in total. The molecule has 4 nitrogen and oxygen atoms in total. The molecule has 1 unspecified atom stereocenters. The van der Waals surface area contributed by atoms with Crippen LogP contribution >= 0.6 is 0 Å². The lowest BCUT2D eigenvalue weighted by molar-refractivity contribution is -0.164. The Hall–Kier alpha value is -1.58. The molecule has 0 radical (unpaired) electrons. The summed E-state index contributed by atoms with van der Waals surface area (Å²) < 4.78 is 5.32. The van der Waals surface area contributed by atoms with Gasteiger partial charge in [0.1, 0.15) is 0 Å². The van der Waals surface area contributed by atoms with E-state index < -0.39 is 12.1 Å². The second-order valence-electron chi connectivity index (χ2n) is 13.1. The lowest BCUT2D eigenvalue weighted by atomic mass is 10.0. The number of carboxylic acids is 1. The molecular formula is C40H74O4. The first-order chi connectivity index (χ1) is 21.6. The Morgan fingerprint density at radius 3 is 1.32 bits per heavy atom. The van der Waals surface area contributed by atoms with Crippen molar-refractivity contribution in [3.63, 3.8) is 0 Å². The molecule has 0 rings (SSSR count). The molecule has 1 atom stereocenters. The van der Waals surface area contributed by atoms with Crippen molar-refractivity contribution in [2.24, 2.45) is 0 Å². The minimum atomic E-state index is -1.01. The van der Waals surface area contributed by atoms with E-state index in [1.807, 2.05) is 0 Å². The van der Waals surface area contributed by atoms with Crippen LogP contribution in [0, 0.1) is 0 Å². The molecule has 4 heteroatoms. The van der Waals surface area contributed by atoms with Gasteiger partial charge in [0, 0.05) is 6.42 Å². The summed E-state index contributed by atoms with van der Waals surface area (Å²) >= 11 is 0. The molecule has 0 aliphatic rings. The second kappa shape index (κ2) is 35.9. The Kier molecular flexibility index (Phi) is 34.6. The summed E-state index contributed by atoms with van der Waals surface area (Å²) in [7, 11) is 0. The molecule has 0 saturated carbocycles. The number of carbonyl (C=O) groups excluding carboxylic acids is 1. The number of esters is 1. The van der Waals surface area contributed by atoms with Crippen molar-refractivity contribution in [3.8, 4) is 0 Å². The van der Waals surface area contributed by atoms with Gasteiger partial charge in [-0.25, -0.2) is 4.79 Å². The minimum Gasteiger partial charge on any atom is -0.479 e. The van der Waals surface area contributed by atoms with Crippen molar-refractivity contribution in [1.29, 1.82) is 0 Å². The van der Waals surface area contributed by atoms with Gasteiger partial charge in [0.2, 0.25) is 0 Å². The Morgan fingerprint density at radius 2 is 0.864 bits per heavy atom. The van der Waals surface area contributed by atoms with Crippen molar-refractivity contribution < 1.29 is 19.4 Å². The highest BCUT2D eigenvalue weighted by molar-refractivity contribution is 5.77. The summed E-state index contributed by atoms with van der Waals surface area (Å²) in [6, 6.07) is 0. The van der Waals surface area contributed by atoms with E-state index in [1.54, 1.807) is 0 Å². The number of aliphatic carboxylic acids is 1. The average Bonchev–Trinajstić information content (AvgIpc) is 3.01. The van der Waals surface area contributed by atoms with Crippen molar-refractivity contribution in [2.45, 2.75) is 219 Å². The molecule has 0 saturated heterocycles. The van der Waals surface area contributed by atoms with Crippen LogP contribution in [-0.2, 0) is 14.3 Å². The molecule has 0 aromatic heterocycles. The molecule has 0 heterocycles. The number of allylic oxidation sites excluding steroid dienone is 4. The van der Waals surface area contributed by atoms with Crippen molar-refractivity contribution in [2.75, 3.05) is 0 Å². The highest BCUT2D eigenvalue weighted by Gasteiger charge is 2.21. The van der Waals surface area contributed by atoms with Gasteiger partial charge >= 0.3 is 11.9 Å². The second-order valence-corrected chi connectivity index (χ2v) is 13.1. The fourth-order valence-corrected chi connectivity index (χ4v) is 5.76. The third-order valence-corrected chi connectivity index (χ3v) is 8.70. The first kappa shape index (κ1) is 42.4. The maximum atomic E-state index is 12.2. The predicted octanol–water partition coefficient (Wildman–Crippen LogP) is 13.2. The topological polar surface area (TPSA) is 63.6 Å². The lowest BCUT2D eigenvalue weighted by Crippen LogP contribution is -2.27. The number of carbonyl (C=O) groups is 2. The first-order valence-electron chi connectivity index (χ1n) is 19.3. The van der Waals surface area contributed by atoms with Crippen molar-refractivity contribution >= 4 is 11.9 Å². The van der Waals surface area contributed by atoms with E-state index in [1.165, 1.54) is 141 Å². The van der Waals surface area contributed by atoms with Crippen LogP contribution in [0.15, 0.2) is 24.3 Å². The van der Waals surface area contributed by atoms with E-state index in [4.69, 9.17) is 4.74 Å². The third kappa shape index (κ3) is 33.3. The highest BCUT2D eigenvalue weighted by Crippen LogP contribution is 2.16. The highest BCUT2D eigenvalue weighted by atomic mass is 16.6. The maximum absolute atomic E-state index is 12.2. The van der Waals surface area contributed by atoms with Crippen LogP contribution in [0.25, 0.3) is 0 Å². The van der Waals surface area contributed by atoms with Crippen LogP contribution < -0.4 is 0 Å². The van der Waals surface area contributed by atoms with Gasteiger partial charge < -0.3 is 9.84 Å². The van der Waals surface area contributed by atoms with Crippen LogP contribution in [0.2, 0.25) is 0 Å². The van der Waals surface area contributed by atoms with Crippen LogP contribution in [0.1, 0.15) is 213 Å². The first-order valence-corrected chi connectivity index (χ1v) is 19.3. The fraction of sp³-hybridized carbons (Fsp3) is 0.850. The van der Waals surface area contributed by atoms with Gasteiger partial charge in [-0.3, -0.25) is 4.79 Å². The predicted molar refractivity (Wildman–Crippen MR) is 190 cm³/mol. The Labute approximate surface area is 274 Å². The van der Waals surface area contributed by atoms with Crippen molar-refractivity contribution in [3.05, 3.63) is 24.3 Å². The van der Waals surface area contributed by atoms with E-state index in [-0.39, 0.29) is 5.97 Å². The van der Waals surface area contributed by atoms with E-state index in [0.717, 1.165) is 44.9 Å². The zero-order chi connectivity index (χ0) is 32.2. The quantitative estimate of drug-likeness (QED) is 0.0436. The van der Waals surface area contributed by atoms with Crippen molar-refractivity contribution in [1.82, 2.24) is 0 Å². The molecule has 258 valence electrons. The number of hydrogen-bond donors (Lipinski definition) is 1. The summed E-state index contributed by atoms with van der Waals surface area (Å²) in [5, 5.41) is 9.48. The molecule has 0 aliphatic carbocycles. The molecule has 0 aliphatic heterocycles. The zero-order valence-corrected chi connectivity index (χ0v) is 29.5. The molecule has 0 bridgehead atoms. The van der Waals surface area contributed by atoms with Gasteiger partial charge in [-0.1, -0.05) is 179 Å². The smallest absolute Gasteiger partial charge is 0.345 e. The Bertz CT molecular complexity index is 668. The monoisotopic (exact) mass is 619 g/mol. The largest absolute Gasteiger partial charge is 0.479 e. The van der Waals surface area contributed by atoms with E-state index in [9.17, 15) is 14.7 Å². The summed E-state index contributed by atoms with van der Waals surface area (Å²) in [6.07, 6.45) is 44.9. The van der Waals surface area contributed by atoms with Gasteiger partial charge in [0.05, 0.1) is 0 Å². The van der Waals surface area contributed by atoms with Gasteiger partial charge in [0.15, 0.2) is 6.10 Å². The van der Waals surface area contributed by atoms with Gasteiger partial charge in [-0.05, 0) is 51.4 Å². The maximum Gasteiger partial charge on any atom is 0.345 e. The Balaban J connectivity index is 3.56. The number of rotatable bonds is 35. The summed E-state index contributed by atoms with van der Waals surface area (Å²) in [4.78, 5) is 23.8. The SMILES string of the molecule is CCCCC/C=C\C/C=C\CCCCCCCCCC(=O)OC(CCCCCCCCCCCCCCCCCC)C(=O)O. The van der Waals surface area contributed by atoms with Gasteiger partial charge in [-0.2, -0.15) is 0 Å². The number of hydrogen-bond acceptors (Lipinski definition) is 3. The Morgan fingerprint density at radius 1 is 0.500 bits per heavy atom. The standard InChI is InChI=1S/C40H74O4/c1-3-5-7-9-11-13-15-17-19-21-23-25-27-29-31-33-35-37-39(41)44-38(40(42)43)36-34-32-30-28-26-24-22-20-18-16-14-12-10-8-6-4-2/h11,13,17,19,38H,3-10,12,14-16,18,20-37H2,1-2H3,(H,42,43)/b13-11-,19-17-. The van der Waals surface area contributed by atoms with E-state index >= 15 is 0 Å². The molecule has 0 spiro atoms. The summed E-state index contributed by atoms with van der Waals surface area (Å²) in [5.41, 5.74) is 0. The molecule has 0 amide bonds. The zero-order valence-electron chi connectivity index (χ0n) is 29.5. The van der Waals surface area contributed by atoms with Gasteiger partial charge in [-0.15, -0.1) is 0 Å². The van der Waals surface area contributed by atoms with Crippen LogP contribution in [0.3, 0.4) is 0 Å². The average molecular weight is 619 g/mol. The molecule has 0 aromatic carbocycles. The van der Waals surface area contributed by atoms with Crippen LogP contribution in [0.5, 0.6) is 0 Å². The van der Waals surface area contributed by atoms with Gasteiger partial charge in [0.25, 0.3) is 0 Å².